The van der Waals surface area contributed by atoms with Gasteiger partial charge in [0.2, 0.25) is 10.0 Å². The molecule has 3 aromatic carbocycles. The SMILES string of the molecule is O=C(NNC(=O)c1ccc(Cl)c(S(=O)(=O)NCc2ccccc2)c1)c1ccc(Cl)cc1. The molecular weight excluding hydrogens is 461 g/mol. The zero-order chi connectivity index (χ0) is 22.4. The minimum atomic E-state index is -3.99. The summed E-state index contributed by atoms with van der Waals surface area (Å²) in [6, 6.07) is 18.8. The zero-order valence-corrected chi connectivity index (χ0v) is 18.3. The first-order chi connectivity index (χ1) is 14.8. The van der Waals surface area contributed by atoms with Gasteiger partial charge in [-0.05, 0) is 48.0 Å². The Bertz CT molecular complexity index is 1200. The number of hydrogen-bond donors (Lipinski definition) is 3. The summed E-state index contributed by atoms with van der Waals surface area (Å²) < 4.78 is 27.8. The van der Waals surface area contributed by atoms with E-state index >= 15 is 0 Å². The van der Waals surface area contributed by atoms with Crippen molar-refractivity contribution in [3.8, 4) is 0 Å². The molecule has 3 rings (SSSR count). The van der Waals surface area contributed by atoms with Crippen LogP contribution >= 0.6 is 23.2 Å². The van der Waals surface area contributed by atoms with Crippen LogP contribution in [0.25, 0.3) is 0 Å². The van der Waals surface area contributed by atoms with E-state index in [1.54, 1.807) is 24.3 Å². The Labute approximate surface area is 189 Å². The molecule has 0 unspecified atom stereocenters. The number of carbonyl (C=O) groups is 2. The molecular formula is C21H17Cl2N3O4S. The summed E-state index contributed by atoms with van der Waals surface area (Å²) in [5, 5.41) is 0.429. The topological polar surface area (TPSA) is 104 Å². The Balaban J connectivity index is 1.69. The van der Waals surface area contributed by atoms with Gasteiger partial charge in [-0.1, -0.05) is 53.5 Å². The molecule has 0 aliphatic rings. The lowest BCUT2D eigenvalue weighted by Gasteiger charge is -2.11. The third kappa shape index (κ3) is 6.05. The summed E-state index contributed by atoms with van der Waals surface area (Å²) in [7, 11) is -3.99. The Kier molecular flexibility index (Phi) is 7.29. The van der Waals surface area contributed by atoms with Gasteiger partial charge < -0.3 is 0 Å². The lowest BCUT2D eigenvalue weighted by molar-refractivity contribution is 0.0846. The largest absolute Gasteiger partial charge is 0.269 e. The van der Waals surface area contributed by atoms with Crippen LogP contribution in [0.1, 0.15) is 26.3 Å². The number of hydrazine groups is 1. The van der Waals surface area contributed by atoms with Crippen LogP contribution in [0.4, 0.5) is 0 Å². The van der Waals surface area contributed by atoms with Crippen molar-refractivity contribution in [1.29, 1.82) is 0 Å². The number of carbonyl (C=O) groups excluding carboxylic acids is 2. The molecule has 0 atom stereocenters. The van der Waals surface area contributed by atoms with E-state index in [0.717, 1.165) is 11.6 Å². The molecule has 0 fully saturated rings. The van der Waals surface area contributed by atoms with Crippen molar-refractivity contribution >= 4 is 45.0 Å². The number of amides is 2. The summed E-state index contributed by atoms with van der Waals surface area (Å²) in [5.41, 5.74) is 5.55. The highest BCUT2D eigenvalue weighted by molar-refractivity contribution is 7.89. The van der Waals surface area contributed by atoms with Crippen LogP contribution in [0.2, 0.25) is 10.0 Å². The van der Waals surface area contributed by atoms with Crippen molar-refractivity contribution in [2.75, 3.05) is 0 Å². The molecule has 160 valence electrons. The van der Waals surface area contributed by atoms with E-state index in [1.807, 2.05) is 6.07 Å². The van der Waals surface area contributed by atoms with Crippen molar-refractivity contribution in [3.05, 3.63) is 99.5 Å². The maximum atomic E-state index is 12.7. The molecule has 3 aromatic rings. The summed E-state index contributed by atoms with van der Waals surface area (Å²) in [6.07, 6.45) is 0. The van der Waals surface area contributed by atoms with E-state index in [9.17, 15) is 18.0 Å². The average molecular weight is 478 g/mol. The van der Waals surface area contributed by atoms with E-state index in [1.165, 1.54) is 36.4 Å². The number of benzene rings is 3. The maximum Gasteiger partial charge on any atom is 0.269 e. The molecule has 0 aliphatic heterocycles. The first-order valence-electron chi connectivity index (χ1n) is 8.95. The molecule has 31 heavy (non-hydrogen) atoms. The van der Waals surface area contributed by atoms with Gasteiger partial charge in [0.05, 0.1) is 5.02 Å². The van der Waals surface area contributed by atoms with E-state index in [4.69, 9.17) is 23.2 Å². The monoisotopic (exact) mass is 477 g/mol. The van der Waals surface area contributed by atoms with E-state index < -0.39 is 21.8 Å². The van der Waals surface area contributed by atoms with E-state index in [-0.39, 0.29) is 27.6 Å². The van der Waals surface area contributed by atoms with Crippen molar-refractivity contribution in [1.82, 2.24) is 15.6 Å². The quantitative estimate of drug-likeness (QED) is 0.472. The standard InChI is InChI=1S/C21H17Cl2N3O4S/c22-17-9-6-15(7-10-17)20(27)25-26-21(28)16-8-11-18(23)19(12-16)31(29,30)24-13-14-4-2-1-3-5-14/h1-12,24H,13H2,(H,25,27)(H,26,28). The predicted molar refractivity (Wildman–Crippen MR) is 118 cm³/mol. The van der Waals surface area contributed by atoms with E-state index in [2.05, 4.69) is 15.6 Å². The van der Waals surface area contributed by atoms with Crippen LogP contribution in [-0.4, -0.2) is 20.2 Å². The highest BCUT2D eigenvalue weighted by atomic mass is 35.5. The Morgan fingerprint density at radius 2 is 1.35 bits per heavy atom. The third-order valence-electron chi connectivity index (χ3n) is 4.19. The molecule has 0 spiro atoms. The number of nitrogens with one attached hydrogen (secondary N) is 3. The Morgan fingerprint density at radius 1 is 0.774 bits per heavy atom. The van der Waals surface area contributed by atoms with Gasteiger partial charge in [-0.2, -0.15) is 0 Å². The fourth-order valence-corrected chi connectivity index (χ4v) is 4.23. The molecule has 0 saturated carbocycles. The molecule has 2 amide bonds. The van der Waals surface area contributed by atoms with Gasteiger partial charge in [0.25, 0.3) is 11.8 Å². The molecule has 0 saturated heterocycles. The summed E-state index contributed by atoms with van der Waals surface area (Å²) >= 11 is 11.8. The summed E-state index contributed by atoms with van der Waals surface area (Å²) in [6.45, 7) is 0.0626. The molecule has 3 N–H and O–H groups in total. The van der Waals surface area contributed by atoms with Gasteiger partial charge in [0.1, 0.15) is 4.90 Å². The molecule has 0 aromatic heterocycles. The number of sulfonamides is 1. The molecule has 0 heterocycles. The molecule has 7 nitrogen and oxygen atoms in total. The Morgan fingerprint density at radius 3 is 2.00 bits per heavy atom. The highest BCUT2D eigenvalue weighted by Crippen LogP contribution is 2.23. The molecule has 10 heteroatoms. The van der Waals surface area contributed by atoms with Gasteiger partial charge in [-0.25, -0.2) is 13.1 Å². The van der Waals surface area contributed by atoms with Crippen molar-refractivity contribution in [2.45, 2.75) is 11.4 Å². The minimum Gasteiger partial charge on any atom is -0.267 e. The van der Waals surface area contributed by atoms with Crippen molar-refractivity contribution < 1.29 is 18.0 Å². The molecule has 0 aliphatic carbocycles. The number of rotatable bonds is 6. The Hall–Kier alpha value is -2.91. The van der Waals surface area contributed by atoms with Gasteiger partial charge in [-0.3, -0.25) is 20.4 Å². The van der Waals surface area contributed by atoms with Crippen LogP contribution in [0.3, 0.4) is 0 Å². The zero-order valence-electron chi connectivity index (χ0n) is 15.9. The van der Waals surface area contributed by atoms with Gasteiger partial charge in [0, 0.05) is 22.7 Å². The van der Waals surface area contributed by atoms with Gasteiger partial charge in [-0.15, -0.1) is 0 Å². The average Bonchev–Trinajstić information content (AvgIpc) is 2.77. The lowest BCUT2D eigenvalue weighted by Crippen LogP contribution is -2.41. The van der Waals surface area contributed by atoms with Crippen molar-refractivity contribution in [3.63, 3.8) is 0 Å². The normalized spacial score (nSPS) is 11.0. The first-order valence-corrected chi connectivity index (χ1v) is 11.2. The predicted octanol–water partition coefficient (Wildman–Crippen LogP) is 3.55. The van der Waals surface area contributed by atoms with Crippen LogP contribution < -0.4 is 15.6 Å². The van der Waals surface area contributed by atoms with Crippen LogP contribution in [0, 0.1) is 0 Å². The second kappa shape index (κ2) is 9.93. The second-order valence-corrected chi connectivity index (χ2v) is 8.95. The summed E-state index contributed by atoms with van der Waals surface area (Å²) in [4.78, 5) is 24.2. The van der Waals surface area contributed by atoms with Gasteiger partial charge >= 0.3 is 0 Å². The highest BCUT2D eigenvalue weighted by Gasteiger charge is 2.20. The lowest BCUT2D eigenvalue weighted by atomic mass is 10.2. The summed E-state index contributed by atoms with van der Waals surface area (Å²) in [5.74, 6) is -1.27. The fourth-order valence-electron chi connectivity index (χ4n) is 2.56. The van der Waals surface area contributed by atoms with Crippen LogP contribution in [0.15, 0.2) is 77.7 Å². The minimum absolute atomic E-state index is 0.000826. The van der Waals surface area contributed by atoms with Crippen molar-refractivity contribution in [2.24, 2.45) is 0 Å². The van der Waals surface area contributed by atoms with Crippen LogP contribution in [-0.2, 0) is 16.6 Å². The smallest absolute Gasteiger partial charge is 0.267 e. The fraction of sp³-hybridized carbons (Fsp3) is 0.0476. The maximum absolute atomic E-state index is 12.7. The number of hydrogen-bond acceptors (Lipinski definition) is 4. The van der Waals surface area contributed by atoms with Crippen LogP contribution in [0.5, 0.6) is 0 Å². The molecule has 0 bridgehead atoms. The molecule has 0 radical (unpaired) electrons. The van der Waals surface area contributed by atoms with Gasteiger partial charge in [0.15, 0.2) is 0 Å². The number of halogens is 2. The first kappa shape index (κ1) is 22.8. The third-order valence-corrected chi connectivity index (χ3v) is 6.32. The van der Waals surface area contributed by atoms with E-state index in [0.29, 0.717) is 5.02 Å². The second-order valence-electron chi connectivity index (χ2n) is 6.37.